The number of carbonyl (C=O) groups is 1. The maximum atomic E-state index is 12.5. The molecular formula is C17H16F2N2O3S2. The molecule has 2 aromatic rings. The van der Waals surface area contributed by atoms with Gasteiger partial charge in [-0.05, 0) is 55.3 Å². The Hall–Kier alpha value is -2.13. The third kappa shape index (κ3) is 4.95. The lowest BCUT2D eigenvalue weighted by molar-refractivity contribution is -0.117. The highest BCUT2D eigenvalue weighted by atomic mass is 32.2. The fraction of sp³-hybridized carbons (Fsp3) is 0.235. The molecule has 138 valence electrons. The molecule has 0 heterocycles. The Morgan fingerprint density at radius 2 is 1.77 bits per heavy atom. The molecule has 0 aliphatic heterocycles. The van der Waals surface area contributed by atoms with Crippen LogP contribution in [-0.2, 0) is 14.8 Å². The molecule has 1 aliphatic rings. The number of hydrogen-bond acceptors (Lipinski definition) is 4. The topological polar surface area (TPSA) is 75.3 Å². The van der Waals surface area contributed by atoms with Crippen LogP contribution in [-0.4, -0.2) is 20.1 Å². The molecule has 26 heavy (non-hydrogen) atoms. The summed E-state index contributed by atoms with van der Waals surface area (Å²) in [6.45, 7) is 0. The van der Waals surface area contributed by atoms with E-state index in [-0.39, 0.29) is 22.4 Å². The van der Waals surface area contributed by atoms with Crippen molar-refractivity contribution in [2.75, 3.05) is 10.0 Å². The first-order valence-electron chi connectivity index (χ1n) is 7.82. The smallest absolute Gasteiger partial charge is 0.288 e. The summed E-state index contributed by atoms with van der Waals surface area (Å²) in [4.78, 5) is 12.1. The molecule has 3 rings (SSSR count). The lowest BCUT2D eigenvalue weighted by atomic mass is 10.3. The van der Waals surface area contributed by atoms with Gasteiger partial charge in [0.2, 0.25) is 5.91 Å². The number of alkyl halides is 2. The van der Waals surface area contributed by atoms with Crippen molar-refractivity contribution in [1.29, 1.82) is 0 Å². The average molecular weight is 398 g/mol. The summed E-state index contributed by atoms with van der Waals surface area (Å²) in [5, 5.41) is 2.70. The fourth-order valence-electron chi connectivity index (χ4n) is 2.25. The van der Waals surface area contributed by atoms with Gasteiger partial charge in [0.25, 0.3) is 15.8 Å². The minimum atomic E-state index is -3.87. The number of hydrogen-bond donors (Lipinski definition) is 2. The summed E-state index contributed by atoms with van der Waals surface area (Å²) in [6.07, 6.45) is 1.70. The van der Waals surface area contributed by atoms with Crippen molar-refractivity contribution in [3.8, 4) is 0 Å². The predicted octanol–water partition coefficient (Wildman–Crippen LogP) is 4.15. The number of thioether (sulfide) groups is 1. The molecule has 9 heteroatoms. The van der Waals surface area contributed by atoms with Gasteiger partial charge in [-0.1, -0.05) is 17.8 Å². The van der Waals surface area contributed by atoms with Crippen molar-refractivity contribution in [3.05, 3.63) is 48.5 Å². The fourth-order valence-corrected chi connectivity index (χ4v) is 3.85. The number of nitrogens with one attached hydrogen (secondary N) is 2. The van der Waals surface area contributed by atoms with E-state index in [1.165, 1.54) is 36.4 Å². The van der Waals surface area contributed by atoms with E-state index in [4.69, 9.17) is 0 Å². The number of anilines is 2. The van der Waals surface area contributed by atoms with Gasteiger partial charge < -0.3 is 5.32 Å². The summed E-state index contributed by atoms with van der Waals surface area (Å²) in [5.74, 6) is -2.64. The van der Waals surface area contributed by atoms with Crippen LogP contribution >= 0.6 is 11.8 Å². The highest BCUT2D eigenvalue weighted by molar-refractivity contribution is 7.99. The summed E-state index contributed by atoms with van der Waals surface area (Å²) >= 11 is 0.386. The standard InChI is InChI=1S/C17H16F2N2O3S2/c18-17(19)25-14-8-6-12(7-9-14)21-26(23,24)15-3-1-2-13(10-15)20-16(22)11-4-5-11/h1-3,6-11,17,21H,4-5H2,(H,20,22). The molecule has 0 spiro atoms. The lowest BCUT2D eigenvalue weighted by Gasteiger charge is -2.10. The SMILES string of the molecule is O=C(Nc1cccc(S(=O)(=O)Nc2ccc(SC(F)F)cc2)c1)C1CC1. The predicted molar refractivity (Wildman–Crippen MR) is 96.9 cm³/mol. The van der Waals surface area contributed by atoms with Crippen molar-refractivity contribution in [1.82, 2.24) is 0 Å². The van der Waals surface area contributed by atoms with Crippen molar-refractivity contribution in [3.63, 3.8) is 0 Å². The molecule has 0 saturated heterocycles. The van der Waals surface area contributed by atoms with Crippen molar-refractivity contribution < 1.29 is 22.0 Å². The average Bonchev–Trinajstić information content (AvgIpc) is 3.41. The van der Waals surface area contributed by atoms with E-state index >= 15 is 0 Å². The number of sulfonamides is 1. The zero-order valence-electron chi connectivity index (χ0n) is 13.5. The van der Waals surface area contributed by atoms with Crippen LogP contribution in [0, 0.1) is 5.92 Å². The van der Waals surface area contributed by atoms with E-state index in [0.29, 0.717) is 22.3 Å². The van der Waals surface area contributed by atoms with Crippen molar-refractivity contribution in [2.24, 2.45) is 5.92 Å². The largest absolute Gasteiger partial charge is 0.326 e. The third-order valence-corrected chi connectivity index (χ3v) is 5.79. The highest BCUT2D eigenvalue weighted by Gasteiger charge is 2.29. The molecule has 1 amide bonds. The number of benzene rings is 2. The van der Waals surface area contributed by atoms with Crippen LogP contribution in [0.15, 0.2) is 58.3 Å². The van der Waals surface area contributed by atoms with Gasteiger partial charge in [0.1, 0.15) is 0 Å². The first-order chi connectivity index (χ1) is 12.3. The summed E-state index contributed by atoms with van der Waals surface area (Å²) in [5.41, 5.74) is 0.671. The number of carbonyl (C=O) groups excluding carboxylic acids is 1. The lowest BCUT2D eigenvalue weighted by Crippen LogP contribution is -2.15. The zero-order valence-corrected chi connectivity index (χ0v) is 15.1. The Labute approximate surface area is 154 Å². The second-order valence-corrected chi connectivity index (χ2v) is 8.55. The molecule has 0 aromatic heterocycles. The van der Waals surface area contributed by atoms with E-state index in [2.05, 4.69) is 10.0 Å². The van der Waals surface area contributed by atoms with Crippen LogP contribution in [0.1, 0.15) is 12.8 Å². The molecule has 2 aromatic carbocycles. The molecule has 5 nitrogen and oxygen atoms in total. The van der Waals surface area contributed by atoms with E-state index in [1.807, 2.05) is 0 Å². The quantitative estimate of drug-likeness (QED) is 0.687. The maximum Gasteiger partial charge on any atom is 0.288 e. The minimum absolute atomic E-state index is 0.00266. The van der Waals surface area contributed by atoms with Gasteiger partial charge in [-0.2, -0.15) is 8.78 Å². The van der Waals surface area contributed by atoms with E-state index < -0.39 is 15.8 Å². The van der Waals surface area contributed by atoms with Crippen molar-refractivity contribution >= 4 is 39.1 Å². The van der Waals surface area contributed by atoms with E-state index in [1.54, 1.807) is 12.1 Å². The zero-order chi connectivity index (χ0) is 18.7. The second kappa shape index (κ2) is 7.63. The van der Waals surface area contributed by atoms with Crippen LogP contribution in [0.25, 0.3) is 0 Å². The number of rotatable bonds is 7. The van der Waals surface area contributed by atoms with Gasteiger partial charge in [-0.15, -0.1) is 0 Å². The molecule has 1 saturated carbocycles. The van der Waals surface area contributed by atoms with Crippen LogP contribution < -0.4 is 10.0 Å². The normalized spacial score (nSPS) is 14.3. The molecule has 1 aliphatic carbocycles. The Kier molecular flexibility index (Phi) is 5.47. The summed E-state index contributed by atoms with van der Waals surface area (Å²) in [7, 11) is -3.87. The molecule has 0 bridgehead atoms. The number of halogens is 2. The summed E-state index contributed by atoms with van der Waals surface area (Å²) in [6, 6.07) is 11.6. The monoisotopic (exact) mass is 398 g/mol. The van der Waals surface area contributed by atoms with Gasteiger partial charge in [0.05, 0.1) is 4.90 Å². The first-order valence-corrected chi connectivity index (χ1v) is 10.2. The molecular weight excluding hydrogens is 382 g/mol. The maximum absolute atomic E-state index is 12.5. The number of amides is 1. The van der Waals surface area contributed by atoms with Gasteiger partial charge in [-0.3, -0.25) is 9.52 Å². The van der Waals surface area contributed by atoms with E-state index in [9.17, 15) is 22.0 Å². The third-order valence-electron chi connectivity index (χ3n) is 3.69. The highest BCUT2D eigenvalue weighted by Crippen LogP contribution is 2.31. The molecule has 0 atom stereocenters. The van der Waals surface area contributed by atoms with Crippen molar-refractivity contribution in [2.45, 2.75) is 28.4 Å². The van der Waals surface area contributed by atoms with Gasteiger partial charge in [-0.25, -0.2) is 8.42 Å². The second-order valence-electron chi connectivity index (χ2n) is 5.80. The van der Waals surface area contributed by atoms with E-state index in [0.717, 1.165) is 12.8 Å². The molecule has 0 radical (unpaired) electrons. The Morgan fingerprint density at radius 3 is 2.38 bits per heavy atom. The molecule has 2 N–H and O–H groups in total. The van der Waals surface area contributed by atoms with Gasteiger partial charge in [0, 0.05) is 22.2 Å². The Balaban J connectivity index is 1.72. The van der Waals surface area contributed by atoms with Crippen LogP contribution in [0.4, 0.5) is 20.2 Å². The van der Waals surface area contributed by atoms with Crippen LogP contribution in [0.3, 0.4) is 0 Å². The minimum Gasteiger partial charge on any atom is -0.326 e. The first kappa shape index (κ1) is 18.7. The summed E-state index contributed by atoms with van der Waals surface area (Å²) < 4.78 is 52.0. The van der Waals surface area contributed by atoms with Crippen LogP contribution in [0.2, 0.25) is 0 Å². The Bertz CT molecular complexity index is 898. The van der Waals surface area contributed by atoms with Gasteiger partial charge >= 0.3 is 0 Å². The van der Waals surface area contributed by atoms with Gasteiger partial charge in [0.15, 0.2) is 0 Å². The Morgan fingerprint density at radius 1 is 1.08 bits per heavy atom. The molecule has 1 fully saturated rings. The molecule has 0 unspecified atom stereocenters. The van der Waals surface area contributed by atoms with Crippen LogP contribution in [0.5, 0.6) is 0 Å².